The Hall–Kier alpha value is -1.73. The summed E-state index contributed by atoms with van der Waals surface area (Å²) in [5, 5.41) is 17.7. The second-order valence-corrected chi connectivity index (χ2v) is 4.47. The number of aromatic carboxylic acids is 1. The zero-order chi connectivity index (χ0) is 13.7. The van der Waals surface area contributed by atoms with E-state index < -0.39 is 5.97 Å². The van der Waals surface area contributed by atoms with Crippen LogP contribution in [0.1, 0.15) is 16.9 Å². The first-order valence-electron chi connectivity index (χ1n) is 6.34. The Morgan fingerprint density at radius 2 is 2.05 bits per heavy atom. The number of β-amino-alcohol motifs (C(OH)–C–C–N with tert-alkyl or cyclic N) is 1. The summed E-state index contributed by atoms with van der Waals surface area (Å²) in [4.78, 5) is 23.0. The van der Waals surface area contributed by atoms with Crippen LogP contribution in [0.25, 0.3) is 0 Å². The molecule has 19 heavy (non-hydrogen) atoms. The first-order valence-corrected chi connectivity index (χ1v) is 6.34. The number of carboxylic acids is 1. The van der Waals surface area contributed by atoms with E-state index in [2.05, 4.69) is 19.8 Å². The fraction of sp³-hybridized carbons (Fsp3) is 0.583. The maximum atomic E-state index is 10.7. The summed E-state index contributed by atoms with van der Waals surface area (Å²) in [6.07, 6.45) is 3.78. The predicted molar refractivity (Wildman–Crippen MR) is 69.3 cm³/mol. The zero-order valence-corrected chi connectivity index (χ0v) is 10.7. The van der Waals surface area contributed by atoms with Gasteiger partial charge in [0.25, 0.3) is 0 Å². The number of rotatable bonds is 4. The molecular weight excluding hydrogens is 248 g/mol. The molecule has 2 rings (SSSR count). The van der Waals surface area contributed by atoms with Crippen molar-refractivity contribution in [2.75, 3.05) is 44.2 Å². The van der Waals surface area contributed by atoms with Crippen LogP contribution >= 0.6 is 0 Å². The summed E-state index contributed by atoms with van der Waals surface area (Å²) >= 11 is 0. The highest BCUT2D eigenvalue weighted by molar-refractivity contribution is 5.84. The minimum Gasteiger partial charge on any atom is -0.476 e. The number of aliphatic hydroxyl groups excluding tert-OH is 1. The lowest BCUT2D eigenvalue weighted by molar-refractivity contribution is 0.0690. The van der Waals surface area contributed by atoms with E-state index in [-0.39, 0.29) is 12.3 Å². The Balaban J connectivity index is 1.99. The second-order valence-electron chi connectivity index (χ2n) is 4.47. The third kappa shape index (κ3) is 3.62. The van der Waals surface area contributed by atoms with Crippen LogP contribution in [0.5, 0.6) is 0 Å². The number of anilines is 1. The van der Waals surface area contributed by atoms with Gasteiger partial charge in [-0.3, -0.25) is 4.90 Å². The maximum absolute atomic E-state index is 10.7. The van der Waals surface area contributed by atoms with E-state index in [0.717, 1.165) is 32.6 Å². The highest BCUT2D eigenvalue weighted by Crippen LogP contribution is 2.12. The van der Waals surface area contributed by atoms with Crippen molar-refractivity contribution in [2.45, 2.75) is 6.42 Å². The average molecular weight is 266 g/mol. The van der Waals surface area contributed by atoms with Crippen LogP contribution in [0.15, 0.2) is 12.4 Å². The lowest BCUT2D eigenvalue weighted by Gasteiger charge is -2.21. The molecule has 0 aliphatic carbocycles. The van der Waals surface area contributed by atoms with E-state index in [9.17, 15) is 4.79 Å². The van der Waals surface area contributed by atoms with Crippen molar-refractivity contribution in [3.05, 3.63) is 18.1 Å². The first-order chi connectivity index (χ1) is 9.20. The van der Waals surface area contributed by atoms with Crippen molar-refractivity contribution in [1.29, 1.82) is 0 Å². The quantitative estimate of drug-likeness (QED) is 0.771. The first kappa shape index (κ1) is 13.7. The van der Waals surface area contributed by atoms with Crippen molar-refractivity contribution < 1.29 is 15.0 Å². The van der Waals surface area contributed by atoms with E-state index >= 15 is 0 Å². The highest BCUT2D eigenvalue weighted by Gasteiger charge is 2.16. The molecule has 0 radical (unpaired) electrons. The van der Waals surface area contributed by atoms with Crippen LogP contribution in [-0.2, 0) is 0 Å². The molecular formula is C12H18N4O3. The van der Waals surface area contributed by atoms with Crippen molar-refractivity contribution in [2.24, 2.45) is 0 Å². The number of carboxylic acid groups (broad SMARTS) is 1. The van der Waals surface area contributed by atoms with Crippen molar-refractivity contribution >= 4 is 11.8 Å². The van der Waals surface area contributed by atoms with Gasteiger partial charge in [0.05, 0.1) is 19.0 Å². The number of carbonyl (C=O) groups is 1. The van der Waals surface area contributed by atoms with Crippen molar-refractivity contribution in [3.63, 3.8) is 0 Å². The van der Waals surface area contributed by atoms with Gasteiger partial charge in [0.2, 0.25) is 0 Å². The Bertz CT molecular complexity index is 423. The van der Waals surface area contributed by atoms with E-state index in [1.165, 1.54) is 12.4 Å². The molecule has 1 fully saturated rings. The fourth-order valence-electron chi connectivity index (χ4n) is 2.16. The Morgan fingerprint density at radius 3 is 2.68 bits per heavy atom. The van der Waals surface area contributed by atoms with Crippen molar-refractivity contribution in [3.8, 4) is 0 Å². The molecule has 0 bridgehead atoms. The fourth-order valence-corrected chi connectivity index (χ4v) is 2.16. The average Bonchev–Trinajstić information content (AvgIpc) is 2.65. The molecule has 0 saturated carbocycles. The van der Waals surface area contributed by atoms with Gasteiger partial charge in [-0.25, -0.2) is 14.8 Å². The molecule has 104 valence electrons. The molecule has 2 heterocycles. The van der Waals surface area contributed by atoms with Gasteiger partial charge in [-0.15, -0.1) is 0 Å². The van der Waals surface area contributed by atoms with Crippen LogP contribution in [0.2, 0.25) is 0 Å². The van der Waals surface area contributed by atoms with Gasteiger partial charge in [0.1, 0.15) is 5.82 Å². The Morgan fingerprint density at radius 1 is 1.21 bits per heavy atom. The van der Waals surface area contributed by atoms with Gasteiger partial charge in [-0.1, -0.05) is 0 Å². The lowest BCUT2D eigenvalue weighted by atomic mass is 10.4. The number of aromatic nitrogens is 2. The molecule has 1 aromatic heterocycles. The standard InChI is InChI=1S/C12H18N4O3/c17-7-6-15-2-1-3-16(5-4-15)11-9-13-10(8-14-11)12(18)19/h8-9,17H,1-7H2,(H,18,19). The van der Waals surface area contributed by atoms with Gasteiger partial charge in [0, 0.05) is 26.2 Å². The summed E-state index contributed by atoms with van der Waals surface area (Å²) in [5.74, 6) is -0.361. The van der Waals surface area contributed by atoms with Crippen LogP contribution in [0.4, 0.5) is 5.82 Å². The van der Waals surface area contributed by atoms with Crippen LogP contribution in [-0.4, -0.2) is 70.4 Å². The second kappa shape index (κ2) is 6.44. The van der Waals surface area contributed by atoms with Gasteiger partial charge >= 0.3 is 5.97 Å². The lowest BCUT2D eigenvalue weighted by Crippen LogP contribution is -2.32. The molecule has 1 saturated heterocycles. The Labute approximate surface area is 111 Å². The summed E-state index contributed by atoms with van der Waals surface area (Å²) in [5.41, 5.74) is -0.0412. The van der Waals surface area contributed by atoms with Gasteiger partial charge in [0.15, 0.2) is 5.69 Å². The van der Waals surface area contributed by atoms with Gasteiger partial charge in [-0.05, 0) is 13.0 Å². The monoisotopic (exact) mass is 266 g/mol. The third-order valence-electron chi connectivity index (χ3n) is 3.19. The minimum absolute atomic E-state index is 0.0412. The van der Waals surface area contributed by atoms with E-state index in [1.807, 2.05) is 0 Å². The smallest absolute Gasteiger partial charge is 0.356 e. The molecule has 7 heteroatoms. The van der Waals surface area contributed by atoms with Gasteiger partial charge < -0.3 is 15.1 Å². The molecule has 0 aromatic carbocycles. The SMILES string of the molecule is O=C(O)c1cnc(N2CCCN(CCO)CC2)cn1. The molecule has 0 atom stereocenters. The third-order valence-corrected chi connectivity index (χ3v) is 3.19. The molecule has 0 unspecified atom stereocenters. The highest BCUT2D eigenvalue weighted by atomic mass is 16.4. The van der Waals surface area contributed by atoms with E-state index in [4.69, 9.17) is 10.2 Å². The molecule has 0 spiro atoms. The summed E-state index contributed by atoms with van der Waals surface area (Å²) in [6.45, 7) is 4.36. The molecule has 1 aliphatic rings. The zero-order valence-electron chi connectivity index (χ0n) is 10.7. The topological polar surface area (TPSA) is 89.8 Å². The molecule has 7 nitrogen and oxygen atoms in total. The Kier molecular flexibility index (Phi) is 4.64. The van der Waals surface area contributed by atoms with E-state index in [1.54, 1.807) is 0 Å². The summed E-state index contributed by atoms with van der Waals surface area (Å²) in [6, 6.07) is 0. The number of aliphatic hydroxyl groups is 1. The van der Waals surface area contributed by atoms with Crippen molar-refractivity contribution in [1.82, 2.24) is 14.9 Å². The normalized spacial score (nSPS) is 17.2. The molecule has 1 aliphatic heterocycles. The number of hydrogen-bond donors (Lipinski definition) is 2. The molecule has 1 aromatic rings. The summed E-state index contributed by atoms with van der Waals surface area (Å²) < 4.78 is 0. The van der Waals surface area contributed by atoms with Crippen LogP contribution < -0.4 is 4.90 Å². The predicted octanol–water partition coefficient (Wildman–Crippen LogP) is -0.321. The largest absolute Gasteiger partial charge is 0.476 e. The number of hydrogen-bond acceptors (Lipinski definition) is 6. The minimum atomic E-state index is -1.07. The van der Waals surface area contributed by atoms with Gasteiger partial charge in [-0.2, -0.15) is 0 Å². The van der Waals surface area contributed by atoms with Crippen LogP contribution in [0, 0.1) is 0 Å². The molecule has 0 amide bonds. The molecule has 2 N–H and O–H groups in total. The maximum Gasteiger partial charge on any atom is 0.356 e. The summed E-state index contributed by atoms with van der Waals surface area (Å²) in [7, 11) is 0. The van der Waals surface area contributed by atoms with E-state index in [0.29, 0.717) is 12.4 Å². The van der Waals surface area contributed by atoms with Crippen LogP contribution in [0.3, 0.4) is 0 Å². The number of nitrogens with zero attached hydrogens (tertiary/aromatic N) is 4.